The van der Waals surface area contributed by atoms with Gasteiger partial charge in [-0.15, -0.1) is 0 Å². The maximum Gasteiger partial charge on any atom is 0.126 e. The molecule has 3 nitrogen and oxygen atoms in total. The van der Waals surface area contributed by atoms with Gasteiger partial charge in [0.15, 0.2) is 0 Å². The van der Waals surface area contributed by atoms with Crippen LogP contribution in [0.25, 0.3) is 0 Å². The number of nitrogens with one attached hydrogen (secondary N) is 1. The van der Waals surface area contributed by atoms with Gasteiger partial charge < -0.3 is 0 Å². The van der Waals surface area contributed by atoms with Gasteiger partial charge in [-0.2, -0.15) is 0 Å². The van der Waals surface area contributed by atoms with Crippen molar-refractivity contribution in [2.24, 2.45) is 5.84 Å². The van der Waals surface area contributed by atoms with Crippen molar-refractivity contribution in [1.29, 1.82) is 0 Å². The molecular formula is C17H28FN3. The Morgan fingerprint density at radius 3 is 2.52 bits per heavy atom. The lowest BCUT2D eigenvalue weighted by molar-refractivity contribution is 0.0424. The molecule has 1 aliphatic rings. The van der Waals surface area contributed by atoms with Gasteiger partial charge in [0.05, 0.1) is 6.04 Å². The lowest BCUT2D eigenvalue weighted by Crippen LogP contribution is -2.57. The topological polar surface area (TPSA) is 41.3 Å². The summed E-state index contributed by atoms with van der Waals surface area (Å²) in [4.78, 5) is 2.54. The number of hydrogen-bond donors (Lipinski definition) is 2. The predicted octanol–water partition coefficient (Wildman–Crippen LogP) is 3.29. The van der Waals surface area contributed by atoms with E-state index in [9.17, 15) is 4.39 Å². The standard InChI is InChI=1S/C17H28FN3/c1-4-17(3,21-10-6-5-7-11-21)16(20-19)14-8-9-15(18)13(2)12-14/h8-9,12,16,20H,4-7,10-11,19H2,1-3H3. The Labute approximate surface area is 127 Å². The van der Waals surface area contributed by atoms with Gasteiger partial charge in [-0.25, -0.2) is 4.39 Å². The van der Waals surface area contributed by atoms with E-state index in [-0.39, 0.29) is 17.4 Å². The second-order valence-electron chi connectivity index (χ2n) is 6.37. The van der Waals surface area contributed by atoms with Crippen molar-refractivity contribution in [1.82, 2.24) is 10.3 Å². The van der Waals surface area contributed by atoms with Gasteiger partial charge in [0.1, 0.15) is 5.82 Å². The van der Waals surface area contributed by atoms with Gasteiger partial charge in [-0.05, 0) is 63.4 Å². The van der Waals surface area contributed by atoms with Crippen LogP contribution in [0.15, 0.2) is 18.2 Å². The smallest absolute Gasteiger partial charge is 0.126 e. The molecule has 0 bridgehead atoms. The third-order valence-electron chi connectivity index (χ3n) is 5.10. The Balaban J connectivity index is 2.33. The molecule has 118 valence electrons. The molecule has 1 aromatic carbocycles. The summed E-state index contributed by atoms with van der Waals surface area (Å²) in [5.74, 6) is 5.73. The number of aryl methyl sites for hydroxylation is 1. The molecule has 2 atom stereocenters. The van der Waals surface area contributed by atoms with E-state index in [1.807, 2.05) is 12.1 Å². The largest absolute Gasteiger partial charge is 0.296 e. The van der Waals surface area contributed by atoms with Crippen LogP contribution in [0, 0.1) is 12.7 Å². The van der Waals surface area contributed by atoms with Gasteiger partial charge in [-0.3, -0.25) is 16.2 Å². The maximum absolute atomic E-state index is 13.5. The summed E-state index contributed by atoms with van der Waals surface area (Å²) in [6.07, 6.45) is 4.80. The van der Waals surface area contributed by atoms with Gasteiger partial charge in [0.2, 0.25) is 0 Å². The number of nitrogens with two attached hydrogens (primary N) is 1. The molecule has 1 aromatic rings. The average Bonchev–Trinajstić information content (AvgIpc) is 2.52. The van der Waals surface area contributed by atoms with Crippen LogP contribution in [-0.2, 0) is 0 Å². The molecule has 2 unspecified atom stereocenters. The molecule has 1 fully saturated rings. The lowest BCUT2D eigenvalue weighted by atomic mass is 9.81. The van der Waals surface area contributed by atoms with E-state index >= 15 is 0 Å². The van der Waals surface area contributed by atoms with Crippen molar-refractivity contribution in [3.63, 3.8) is 0 Å². The van der Waals surface area contributed by atoms with E-state index in [2.05, 4.69) is 24.2 Å². The first-order chi connectivity index (χ1) is 10.0. The molecule has 0 radical (unpaired) electrons. The maximum atomic E-state index is 13.5. The lowest BCUT2D eigenvalue weighted by Gasteiger charge is -2.48. The summed E-state index contributed by atoms with van der Waals surface area (Å²) in [5, 5.41) is 0. The normalized spacial score (nSPS) is 21.0. The van der Waals surface area contributed by atoms with Crippen LogP contribution < -0.4 is 11.3 Å². The fourth-order valence-corrected chi connectivity index (χ4v) is 3.50. The van der Waals surface area contributed by atoms with Crippen molar-refractivity contribution in [3.8, 4) is 0 Å². The Kier molecular flexibility index (Phi) is 5.36. The van der Waals surface area contributed by atoms with Crippen molar-refractivity contribution in [2.45, 2.75) is 58.0 Å². The zero-order chi connectivity index (χ0) is 15.5. The molecule has 0 aromatic heterocycles. The zero-order valence-electron chi connectivity index (χ0n) is 13.5. The summed E-state index contributed by atoms with van der Waals surface area (Å²) in [5.41, 5.74) is 4.67. The van der Waals surface area contributed by atoms with E-state index < -0.39 is 0 Å². The Hall–Kier alpha value is -0.970. The Morgan fingerprint density at radius 2 is 2.00 bits per heavy atom. The van der Waals surface area contributed by atoms with Crippen LogP contribution in [0.5, 0.6) is 0 Å². The number of piperidine rings is 1. The Morgan fingerprint density at radius 1 is 1.33 bits per heavy atom. The Bertz CT molecular complexity index is 471. The van der Waals surface area contributed by atoms with Gasteiger partial charge >= 0.3 is 0 Å². The second kappa shape index (κ2) is 6.86. The van der Waals surface area contributed by atoms with E-state index in [0.717, 1.165) is 25.1 Å². The molecule has 0 amide bonds. The van der Waals surface area contributed by atoms with E-state index in [1.54, 1.807) is 13.0 Å². The van der Waals surface area contributed by atoms with Crippen LogP contribution in [0.4, 0.5) is 4.39 Å². The van der Waals surface area contributed by atoms with Crippen molar-refractivity contribution in [3.05, 3.63) is 35.1 Å². The molecule has 21 heavy (non-hydrogen) atoms. The third-order valence-corrected chi connectivity index (χ3v) is 5.10. The highest BCUT2D eigenvalue weighted by Gasteiger charge is 2.39. The average molecular weight is 293 g/mol. The van der Waals surface area contributed by atoms with Crippen molar-refractivity contribution in [2.75, 3.05) is 13.1 Å². The molecule has 4 heteroatoms. The first-order valence-electron chi connectivity index (χ1n) is 8.00. The predicted molar refractivity (Wildman–Crippen MR) is 85.3 cm³/mol. The van der Waals surface area contributed by atoms with Crippen LogP contribution in [0.1, 0.15) is 56.7 Å². The van der Waals surface area contributed by atoms with E-state index in [0.29, 0.717) is 5.56 Å². The summed E-state index contributed by atoms with van der Waals surface area (Å²) in [6.45, 7) is 8.50. The van der Waals surface area contributed by atoms with E-state index in [4.69, 9.17) is 5.84 Å². The summed E-state index contributed by atoms with van der Waals surface area (Å²) < 4.78 is 13.5. The fourth-order valence-electron chi connectivity index (χ4n) is 3.50. The molecule has 2 rings (SSSR count). The number of benzene rings is 1. The molecule has 1 saturated heterocycles. The number of hydrogen-bond acceptors (Lipinski definition) is 3. The molecule has 3 N–H and O–H groups in total. The highest BCUT2D eigenvalue weighted by atomic mass is 19.1. The molecular weight excluding hydrogens is 265 g/mol. The number of rotatable bonds is 5. The first-order valence-corrected chi connectivity index (χ1v) is 8.00. The minimum Gasteiger partial charge on any atom is -0.296 e. The SMILES string of the molecule is CCC(C)(C(NN)c1ccc(F)c(C)c1)N1CCCCC1. The highest BCUT2D eigenvalue weighted by Crippen LogP contribution is 2.36. The minimum atomic E-state index is -0.161. The molecule has 1 heterocycles. The third kappa shape index (κ3) is 3.28. The van der Waals surface area contributed by atoms with Gasteiger partial charge in [0.25, 0.3) is 0 Å². The zero-order valence-corrected chi connectivity index (χ0v) is 13.5. The molecule has 0 aliphatic carbocycles. The highest BCUT2D eigenvalue weighted by molar-refractivity contribution is 5.29. The van der Waals surface area contributed by atoms with Crippen molar-refractivity contribution >= 4 is 0 Å². The van der Waals surface area contributed by atoms with Gasteiger partial charge in [-0.1, -0.05) is 25.5 Å². The molecule has 0 spiro atoms. The monoisotopic (exact) mass is 293 g/mol. The summed E-state index contributed by atoms with van der Waals surface area (Å²) in [6, 6.07) is 5.31. The summed E-state index contributed by atoms with van der Waals surface area (Å²) in [7, 11) is 0. The first kappa shape index (κ1) is 16.4. The van der Waals surface area contributed by atoms with Crippen LogP contribution in [0.3, 0.4) is 0 Å². The van der Waals surface area contributed by atoms with Crippen LogP contribution in [-0.4, -0.2) is 23.5 Å². The van der Waals surface area contributed by atoms with E-state index in [1.165, 1.54) is 19.3 Å². The second-order valence-corrected chi connectivity index (χ2v) is 6.37. The molecule has 1 aliphatic heterocycles. The quantitative estimate of drug-likeness (QED) is 0.646. The number of likely N-dealkylation sites (tertiary alicyclic amines) is 1. The fraction of sp³-hybridized carbons (Fsp3) is 0.647. The minimum absolute atomic E-state index is 0.0000926. The molecule has 0 saturated carbocycles. The number of halogens is 1. The van der Waals surface area contributed by atoms with Crippen LogP contribution in [0.2, 0.25) is 0 Å². The van der Waals surface area contributed by atoms with Crippen molar-refractivity contribution < 1.29 is 4.39 Å². The number of hydrazine groups is 1. The van der Waals surface area contributed by atoms with Gasteiger partial charge in [0, 0.05) is 5.54 Å². The number of nitrogens with zero attached hydrogens (tertiary/aromatic N) is 1. The van der Waals surface area contributed by atoms with Crippen LogP contribution >= 0.6 is 0 Å². The summed E-state index contributed by atoms with van der Waals surface area (Å²) >= 11 is 0.